The highest BCUT2D eigenvalue weighted by Crippen LogP contribution is 2.30. The van der Waals surface area contributed by atoms with Crippen molar-refractivity contribution < 1.29 is 0 Å². The van der Waals surface area contributed by atoms with E-state index in [1.807, 2.05) is 43.1 Å². The summed E-state index contributed by atoms with van der Waals surface area (Å²) in [7, 11) is 1.97. The normalized spacial score (nSPS) is 11.6. The molecule has 0 aliphatic rings. The zero-order valence-electron chi connectivity index (χ0n) is 15.3. The Morgan fingerprint density at radius 1 is 1.04 bits per heavy atom. The highest BCUT2D eigenvalue weighted by atomic mass is 15.3. The summed E-state index contributed by atoms with van der Waals surface area (Å²) in [6.45, 7) is 9.02. The number of hydrogen-bond donors (Lipinski definition) is 1. The number of hydrogen-bond acceptors (Lipinski definition) is 4. The van der Waals surface area contributed by atoms with Crippen molar-refractivity contribution in [2.45, 2.75) is 27.7 Å². The summed E-state index contributed by atoms with van der Waals surface area (Å²) in [6.07, 6.45) is 0. The first kappa shape index (κ1) is 15.6. The summed E-state index contributed by atoms with van der Waals surface area (Å²) in [5, 5.41) is 13.8. The second-order valence-corrected chi connectivity index (χ2v) is 6.45. The average molecular weight is 334 g/mol. The highest BCUT2D eigenvalue weighted by Gasteiger charge is 2.17. The maximum absolute atomic E-state index is 4.77. The molecule has 25 heavy (non-hydrogen) atoms. The van der Waals surface area contributed by atoms with E-state index in [1.165, 1.54) is 0 Å². The average Bonchev–Trinajstić information content (AvgIpc) is 3.04. The third-order valence-corrected chi connectivity index (χ3v) is 4.56. The van der Waals surface area contributed by atoms with Crippen LogP contribution in [-0.2, 0) is 7.05 Å². The van der Waals surface area contributed by atoms with Crippen LogP contribution in [0.5, 0.6) is 0 Å². The number of fused-ring (bicyclic) bond motifs is 2. The number of nitrogens with one attached hydrogen (secondary N) is 1. The van der Waals surface area contributed by atoms with Crippen LogP contribution in [0.15, 0.2) is 24.3 Å². The molecule has 3 aromatic heterocycles. The topological polar surface area (TPSA) is 60.0 Å². The fraction of sp³-hybridized carbons (Fsp3) is 0.316. The van der Waals surface area contributed by atoms with Gasteiger partial charge >= 0.3 is 0 Å². The number of nitrogens with zero attached hydrogens (tertiary/aromatic N) is 5. The molecule has 0 unspecified atom stereocenters. The second-order valence-electron chi connectivity index (χ2n) is 6.45. The molecule has 6 heteroatoms. The van der Waals surface area contributed by atoms with Gasteiger partial charge in [0.15, 0.2) is 5.65 Å². The SMILES string of the molecule is CCNc1cc(C)nn2c(-c3ccc4c(c3)c(C)nn4C)c(C)nc12. The minimum atomic E-state index is 0.848. The second kappa shape index (κ2) is 5.58. The van der Waals surface area contributed by atoms with Crippen LogP contribution >= 0.6 is 0 Å². The van der Waals surface area contributed by atoms with Gasteiger partial charge in [-0.2, -0.15) is 10.2 Å². The Hall–Kier alpha value is -2.89. The van der Waals surface area contributed by atoms with E-state index in [2.05, 4.69) is 35.5 Å². The van der Waals surface area contributed by atoms with Crippen LogP contribution in [0.2, 0.25) is 0 Å². The first-order chi connectivity index (χ1) is 12.0. The molecule has 3 heterocycles. The molecule has 0 aliphatic carbocycles. The Labute approximate surface area is 146 Å². The van der Waals surface area contributed by atoms with Gasteiger partial charge < -0.3 is 5.32 Å². The highest BCUT2D eigenvalue weighted by molar-refractivity contribution is 5.87. The Bertz CT molecular complexity index is 1100. The van der Waals surface area contributed by atoms with Gasteiger partial charge in [0.25, 0.3) is 0 Å². The monoisotopic (exact) mass is 334 g/mol. The Morgan fingerprint density at radius 3 is 2.60 bits per heavy atom. The molecule has 0 radical (unpaired) electrons. The van der Waals surface area contributed by atoms with Crippen LogP contribution in [0, 0.1) is 20.8 Å². The van der Waals surface area contributed by atoms with Crippen molar-refractivity contribution in [2.24, 2.45) is 7.05 Å². The summed E-state index contributed by atoms with van der Waals surface area (Å²) < 4.78 is 3.87. The molecule has 128 valence electrons. The van der Waals surface area contributed by atoms with Gasteiger partial charge in [0.2, 0.25) is 0 Å². The lowest BCUT2D eigenvalue weighted by Gasteiger charge is -2.08. The van der Waals surface area contributed by atoms with Crippen LogP contribution < -0.4 is 5.32 Å². The number of aromatic nitrogens is 5. The molecular weight excluding hydrogens is 312 g/mol. The predicted molar refractivity (Wildman–Crippen MR) is 101 cm³/mol. The minimum absolute atomic E-state index is 0.848. The summed E-state index contributed by atoms with van der Waals surface area (Å²) in [5.41, 5.74) is 8.11. The summed E-state index contributed by atoms with van der Waals surface area (Å²) in [4.78, 5) is 4.77. The van der Waals surface area contributed by atoms with E-state index in [9.17, 15) is 0 Å². The molecule has 0 atom stereocenters. The van der Waals surface area contributed by atoms with Gasteiger partial charge in [0, 0.05) is 24.5 Å². The van der Waals surface area contributed by atoms with Gasteiger partial charge in [-0.25, -0.2) is 9.50 Å². The number of benzene rings is 1. The van der Waals surface area contributed by atoms with Crippen LogP contribution in [0.25, 0.3) is 27.8 Å². The standard InChI is InChI=1S/C19H22N6/c1-6-20-16-9-11(2)22-25-18(13(4)21-19(16)25)14-7-8-17-15(10-14)12(3)23-24(17)5/h7-10,20H,6H2,1-5H3. The van der Waals surface area contributed by atoms with Gasteiger partial charge in [0.05, 0.1) is 34.0 Å². The third-order valence-electron chi connectivity index (χ3n) is 4.56. The lowest BCUT2D eigenvalue weighted by molar-refractivity contribution is 0.783. The Morgan fingerprint density at radius 2 is 1.84 bits per heavy atom. The van der Waals surface area contributed by atoms with E-state index in [0.717, 1.165) is 57.1 Å². The van der Waals surface area contributed by atoms with Gasteiger partial charge in [0.1, 0.15) is 0 Å². The van der Waals surface area contributed by atoms with Crippen molar-refractivity contribution in [1.82, 2.24) is 24.4 Å². The number of aryl methyl sites for hydroxylation is 4. The maximum atomic E-state index is 4.77. The maximum Gasteiger partial charge on any atom is 0.177 e. The van der Waals surface area contributed by atoms with Crippen LogP contribution in [0.3, 0.4) is 0 Å². The number of imidazole rings is 1. The molecule has 0 amide bonds. The molecule has 0 bridgehead atoms. The first-order valence-electron chi connectivity index (χ1n) is 8.54. The van der Waals surface area contributed by atoms with Crippen molar-refractivity contribution in [1.29, 1.82) is 0 Å². The fourth-order valence-electron chi connectivity index (χ4n) is 3.49. The first-order valence-corrected chi connectivity index (χ1v) is 8.54. The number of rotatable bonds is 3. The van der Waals surface area contributed by atoms with Gasteiger partial charge in [-0.3, -0.25) is 4.68 Å². The van der Waals surface area contributed by atoms with Crippen LogP contribution in [-0.4, -0.2) is 30.9 Å². The lowest BCUT2D eigenvalue weighted by atomic mass is 10.1. The number of anilines is 1. The molecule has 0 saturated carbocycles. The molecule has 0 spiro atoms. The molecular formula is C19H22N6. The fourth-order valence-corrected chi connectivity index (χ4v) is 3.49. The van der Waals surface area contributed by atoms with Gasteiger partial charge in [-0.05, 0) is 45.9 Å². The van der Waals surface area contributed by atoms with Crippen LogP contribution in [0.4, 0.5) is 5.69 Å². The Balaban J connectivity index is 2.00. The molecule has 6 nitrogen and oxygen atoms in total. The van der Waals surface area contributed by atoms with Crippen molar-refractivity contribution in [3.63, 3.8) is 0 Å². The minimum Gasteiger partial charge on any atom is -0.382 e. The van der Waals surface area contributed by atoms with E-state index >= 15 is 0 Å². The summed E-state index contributed by atoms with van der Waals surface area (Å²) in [6, 6.07) is 8.47. The zero-order chi connectivity index (χ0) is 17.7. The largest absolute Gasteiger partial charge is 0.382 e. The van der Waals surface area contributed by atoms with Crippen LogP contribution in [0.1, 0.15) is 24.0 Å². The zero-order valence-corrected chi connectivity index (χ0v) is 15.3. The summed E-state index contributed by atoms with van der Waals surface area (Å²) in [5.74, 6) is 0. The van der Waals surface area contributed by atoms with Crippen molar-refractivity contribution in [3.8, 4) is 11.3 Å². The van der Waals surface area contributed by atoms with Gasteiger partial charge in [-0.15, -0.1) is 0 Å². The molecule has 1 aromatic carbocycles. The quantitative estimate of drug-likeness (QED) is 0.621. The van der Waals surface area contributed by atoms with Crippen molar-refractivity contribution in [2.75, 3.05) is 11.9 Å². The van der Waals surface area contributed by atoms with Crippen molar-refractivity contribution in [3.05, 3.63) is 41.3 Å². The van der Waals surface area contributed by atoms with E-state index in [4.69, 9.17) is 10.1 Å². The smallest absolute Gasteiger partial charge is 0.177 e. The van der Waals surface area contributed by atoms with Gasteiger partial charge in [-0.1, -0.05) is 6.07 Å². The molecule has 0 fully saturated rings. The third kappa shape index (κ3) is 2.36. The molecule has 0 saturated heterocycles. The molecule has 0 aliphatic heterocycles. The van der Waals surface area contributed by atoms with E-state index < -0.39 is 0 Å². The Kier molecular flexibility index (Phi) is 3.49. The van der Waals surface area contributed by atoms with Crippen molar-refractivity contribution >= 4 is 22.2 Å². The van der Waals surface area contributed by atoms with E-state index in [0.29, 0.717) is 0 Å². The predicted octanol–water partition coefficient (Wildman–Crippen LogP) is 3.64. The van der Waals surface area contributed by atoms with E-state index in [-0.39, 0.29) is 0 Å². The molecule has 4 aromatic rings. The lowest BCUT2D eigenvalue weighted by Crippen LogP contribution is -2.04. The molecule has 4 rings (SSSR count). The van der Waals surface area contributed by atoms with E-state index in [1.54, 1.807) is 0 Å². The molecule has 1 N–H and O–H groups in total. The summed E-state index contributed by atoms with van der Waals surface area (Å²) >= 11 is 0.